The van der Waals surface area contributed by atoms with Gasteiger partial charge in [0.05, 0.1) is 0 Å². The third-order valence-electron chi connectivity index (χ3n) is 4.11. The summed E-state index contributed by atoms with van der Waals surface area (Å²) < 4.78 is 5.38. The average molecular weight is 317 g/mol. The average Bonchev–Trinajstić information content (AvgIpc) is 2.99. The van der Waals surface area contributed by atoms with E-state index in [9.17, 15) is 4.79 Å². The molecule has 1 atom stereocenters. The normalized spacial score (nSPS) is 18.0. The van der Waals surface area contributed by atoms with Crippen molar-refractivity contribution < 1.29 is 14.4 Å². The van der Waals surface area contributed by atoms with Gasteiger partial charge in [0.2, 0.25) is 0 Å². The Kier molecular flexibility index (Phi) is 5.15. The number of H-pyrrole nitrogens is 1. The molecule has 1 saturated heterocycles. The molecular weight excluding hydrogens is 294 g/mol. The van der Waals surface area contributed by atoms with Crippen LogP contribution >= 0.6 is 0 Å². The molecule has 0 spiro atoms. The fourth-order valence-electron chi connectivity index (χ4n) is 2.84. The number of ether oxygens (including phenoxy) is 1. The lowest BCUT2D eigenvalue weighted by Gasteiger charge is -2.22. The summed E-state index contributed by atoms with van der Waals surface area (Å²) in [5.41, 5.74) is 5.97. The van der Waals surface area contributed by atoms with Gasteiger partial charge in [-0.15, -0.1) is 0 Å². The van der Waals surface area contributed by atoms with Gasteiger partial charge in [0, 0.05) is 36.7 Å². The molecule has 0 aliphatic carbocycles. The Morgan fingerprint density at radius 3 is 3.17 bits per heavy atom. The van der Waals surface area contributed by atoms with Gasteiger partial charge >= 0.3 is 6.03 Å². The fraction of sp³-hybridized carbons (Fsp3) is 0.471. The minimum absolute atomic E-state index is 0.328. The molecule has 2 aromatic rings. The second-order valence-corrected chi connectivity index (χ2v) is 5.83. The number of aryl methyl sites for hydroxylation is 1. The number of aromatic amines is 1. The van der Waals surface area contributed by atoms with Crippen molar-refractivity contribution in [3.8, 4) is 0 Å². The molecule has 3 rings (SSSR count). The molecule has 1 fully saturated rings. The number of urea groups is 1. The molecule has 1 aliphatic heterocycles. The number of hydroxylamine groups is 1. The first-order valence-corrected chi connectivity index (χ1v) is 8.11. The summed E-state index contributed by atoms with van der Waals surface area (Å²) in [6.07, 6.45) is 5.37. The van der Waals surface area contributed by atoms with Crippen molar-refractivity contribution in [1.29, 1.82) is 0 Å². The molecule has 6 nitrogen and oxygen atoms in total. The second kappa shape index (κ2) is 7.48. The van der Waals surface area contributed by atoms with E-state index in [2.05, 4.69) is 34.8 Å². The van der Waals surface area contributed by atoms with E-state index in [1.54, 1.807) is 0 Å². The van der Waals surface area contributed by atoms with Gasteiger partial charge in [0.15, 0.2) is 6.29 Å². The van der Waals surface area contributed by atoms with Crippen LogP contribution in [0, 0.1) is 6.92 Å². The number of aromatic nitrogens is 1. The number of benzene rings is 1. The highest BCUT2D eigenvalue weighted by atomic mass is 16.8. The number of amides is 2. The quantitative estimate of drug-likeness (QED) is 0.742. The first-order valence-electron chi connectivity index (χ1n) is 8.11. The van der Waals surface area contributed by atoms with Crippen LogP contribution in [0.5, 0.6) is 0 Å². The summed E-state index contributed by atoms with van der Waals surface area (Å²) in [4.78, 5) is 20.2. The fourth-order valence-corrected chi connectivity index (χ4v) is 2.84. The molecule has 3 N–H and O–H groups in total. The van der Waals surface area contributed by atoms with Gasteiger partial charge in [-0.25, -0.2) is 15.1 Å². The van der Waals surface area contributed by atoms with E-state index in [-0.39, 0.29) is 12.3 Å². The zero-order chi connectivity index (χ0) is 16.1. The molecule has 0 radical (unpaired) electrons. The Balaban J connectivity index is 1.43. The van der Waals surface area contributed by atoms with Gasteiger partial charge in [-0.1, -0.05) is 18.2 Å². The SMILES string of the molecule is Cc1cccc2c(CCNC(=O)NO[C@@H]3CCCCO3)c[nH]c12. The third kappa shape index (κ3) is 4.03. The standard InChI is InChI=1S/C17H23N3O3/c1-12-5-4-6-14-13(11-19-16(12)14)8-9-18-17(21)20-23-15-7-2-3-10-22-15/h4-6,11,15,19H,2-3,7-10H2,1H3,(H2,18,20,21)/t15-/m1/s1. The van der Waals surface area contributed by atoms with E-state index >= 15 is 0 Å². The van der Waals surface area contributed by atoms with E-state index in [1.807, 2.05) is 12.3 Å². The molecule has 0 unspecified atom stereocenters. The predicted octanol–water partition coefficient (Wildman–Crippen LogP) is 2.78. The Labute approximate surface area is 135 Å². The van der Waals surface area contributed by atoms with Gasteiger partial charge in [-0.2, -0.15) is 0 Å². The van der Waals surface area contributed by atoms with Crippen LogP contribution in [0.25, 0.3) is 10.9 Å². The van der Waals surface area contributed by atoms with Crippen LogP contribution in [0.3, 0.4) is 0 Å². The minimum Gasteiger partial charge on any atom is -0.361 e. The van der Waals surface area contributed by atoms with Crippen molar-refractivity contribution in [2.45, 2.75) is 38.9 Å². The largest absolute Gasteiger partial charge is 0.361 e. The molecule has 2 amide bonds. The number of para-hydroxylation sites is 1. The van der Waals surface area contributed by atoms with Crippen molar-refractivity contribution in [2.75, 3.05) is 13.2 Å². The third-order valence-corrected chi connectivity index (χ3v) is 4.11. The maximum absolute atomic E-state index is 11.7. The van der Waals surface area contributed by atoms with Gasteiger partial charge < -0.3 is 15.0 Å². The summed E-state index contributed by atoms with van der Waals surface area (Å²) in [7, 11) is 0. The van der Waals surface area contributed by atoms with Crippen LogP contribution < -0.4 is 10.8 Å². The summed E-state index contributed by atoms with van der Waals surface area (Å²) >= 11 is 0. The number of fused-ring (bicyclic) bond motifs is 1. The highest BCUT2D eigenvalue weighted by molar-refractivity contribution is 5.85. The summed E-state index contributed by atoms with van der Waals surface area (Å²) in [6.45, 7) is 3.31. The Hall–Kier alpha value is -2.05. The van der Waals surface area contributed by atoms with Crippen LogP contribution in [-0.4, -0.2) is 30.5 Å². The maximum Gasteiger partial charge on any atom is 0.338 e. The van der Waals surface area contributed by atoms with Crippen molar-refractivity contribution >= 4 is 16.9 Å². The van der Waals surface area contributed by atoms with Crippen LogP contribution in [0.1, 0.15) is 30.4 Å². The van der Waals surface area contributed by atoms with Crippen LogP contribution in [0.4, 0.5) is 4.79 Å². The predicted molar refractivity (Wildman–Crippen MR) is 88.0 cm³/mol. The van der Waals surface area contributed by atoms with Crippen LogP contribution in [-0.2, 0) is 16.0 Å². The van der Waals surface area contributed by atoms with Crippen molar-refractivity contribution in [3.63, 3.8) is 0 Å². The number of carbonyl (C=O) groups is 1. The van der Waals surface area contributed by atoms with Crippen molar-refractivity contribution in [1.82, 2.24) is 15.8 Å². The highest BCUT2D eigenvalue weighted by Gasteiger charge is 2.15. The highest BCUT2D eigenvalue weighted by Crippen LogP contribution is 2.21. The summed E-state index contributed by atoms with van der Waals surface area (Å²) in [6, 6.07) is 5.89. The molecule has 1 aromatic carbocycles. The number of carbonyl (C=O) groups excluding carboxylic acids is 1. The van der Waals surface area contributed by atoms with Crippen molar-refractivity contribution in [2.24, 2.45) is 0 Å². The lowest BCUT2D eigenvalue weighted by Crippen LogP contribution is -2.40. The number of nitrogens with one attached hydrogen (secondary N) is 3. The second-order valence-electron chi connectivity index (χ2n) is 5.83. The molecule has 124 valence electrons. The first kappa shape index (κ1) is 15.8. The maximum atomic E-state index is 11.7. The lowest BCUT2D eigenvalue weighted by atomic mass is 10.1. The van der Waals surface area contributed by atoms with Crippen LogP contribution in [0.2, 0.25) is 0 Å². The zero-order valence-electron chi connectivity index (χ0n) is 13.4. The molecule has 1 aliphatic rings. The molecule has 0 saturated carbocycles. The van der Waals surface area contributed by atoms with Gasteiger partial charge in [-0.05, 0) is 37.3 Å². The zero-order valence-corrected chi connectivity index (χ0v) is 13.4. The Bertz CT molecular complexity index is 662. The Morgan fingerprint density at radius 1 is 1.43 bits per heavy atom. The molecule has 1 aromatic heterocycles. The van der Waals surface area contributed by atoms with E-state index < -0.39 is 0 Å². The molecular formula is C17H23N3O3. The summed E-state index contributed by atoms with van der Waals surface area (Å²) in [5.74, 6) is 0. The topological polar surface area (TPSA) is 75.4 Å². The van der Waals surface area contributed by atoms with E-state index in [4.69, 9.17) is 9.57 Å². The minimum atomic E-state index is -0.338. The van der Waals surface area contributed by atoms with E-state index in [0.29, 0.717) is 13.2 Å². The van der Waals surface area contributed by atoms with Gasteiger partial charge in [0.25, 0.3) is 0 Å². The monoisotopic (exact) mass is 317 g/mol. The van der Waals surface area contributed by atoms with E-state index in [1.165, 1.54) is 16.5 Å². The molecule has 2 heterocycles. The molecule has 23 heavy (non-hydrogen) atoms. The smallest absolute Gasteiger partial charge is 0.338 e. The van der Waals surface area contributed by atoms with Gasteiger partial charge in [0.1, 0.15) is 0 Å². The molecule has 0 bridgehead atoms. The summed E-state index contributed by atoms with van der Waals surface area (Å²) in [5, 5.41) is 4.00. The van der Waals surface area contributed by atoms with Crippen LogP contribution in [0.15, 0.2) is 24.4 Å². The van der Waals surface area contributed by atoms with E-state index in [0.717, 1.165) is 31.2 Å². The number of hydrogen-bond donors (Lipinski definition) is 3. The van der Waals surface area contributed by atoms with Crippen molar-refractivity contribution in [3.05, 3.63) is 35.5 Å². The first-order chi connectivity index (χ1) is 11.2. The Morgan fingerprint density at radius 2 is 2.35 bits per heavy atom. The molecule has 6 heteroatoms. The van der Waals surface area contributed by atoms with Gasteiger partial charge in [-0.3, -0.25) is 0 Å². The lowest BCUT2D eigenvalue weighted by molar-refractivity contribution is -0.186. The number of hydrogen-bond acceptors (Lipinski definition) is 3. The number of rotatable bonds is 5.